The van der Waals surface area contributed by atoms with Crippen LogP contribution in [0.15, 0.2) is 10.5 Å². The van der Waals surface area contributed by atoms with Crippen molar-refractivity contribution in [2.24, 2.45) is 0 Å². The molecular weight excluding hydrogens is 144 g/mol. The Labute approximate surface area is 64.6 Å². The van der Waals surface area contributed by atoms with E-state index in [1.807, 2.05) is 0 Å². The van der Waals surface area contributed by atoms with Crippen molar-refractivity contribution in [3.8, 4) is 0 Å². The van der Waals surface area contributed by atoms with E-state index in [0.29, 0.717) is 17.1 Å². The first-order valence-corrected chi connectivity index (χ1v) is 3.36. The van der Waals surface area contributed by atoms with Gasteiger partial charge in [-0.15, -0.1) is 0 Å². The summed E-state index contributed by atoms with van der Waals surface area (Å²) in [5, 5.41) is 8.74. The van der Waals surface area contributed by atoms with E-state index >= 15 is 0 Å². The summed E-state index contributed by atoms with van der Waals surface area (Å²) < 4.78 is 5.06. The number of aliphatic hydroxyl groups is 1. The molecule has 0 saturated carbocycles. The van der Waals surface area contributed by atoms with Crippen molar-refractivity contribution in [1.82, 2.24) is 0 Å². The van der Waals surface area contributed by atoms with Crippen molar-refractivity contribution < 1.29 is 14.3 Å². The molecule has 0 fully saturated rings. The molecule has 0 unspecified atom stereocenters. The highest BCUT2D eigenvalue weighted by Crippen LogP contribution is 2.14. The lowest BCUT2D eigenvalue weighted by molar-refractivity contribution is 0.0986. The van der Waals surface area contributed by atoms with Gasteiger partial charge in [0.2, 0.25) is 0 Å². The Bertz CT molecular complexity index is 273. The van der Waals surface area contributed by atoms with E-state index in [4.69, 9.17) is 9.52 Å². The Morgan fingerprint density at radius 1 is 1.73 bits per heavy atom. The molecule has 1 N–H and O–H groups in total. The Kier molecular flexibility index (Phi) is 2.10. The summed E-state index contributed by atoms with van der Waals surface area (Å²) in [7, 11) is 0. The lowest BCUT2D eigenvalue weighted by Gasteiger charge is -1.86. The molecule has 0 saturated heterocycles. The summed E-state index contributed by atoms with van der Waals surface area (Å²) in [5.41, 5.74) is 0.676. The highest BCUT2D eigenvalue weighted by molar-refractivity contribution is 5.91. The van der Waals surface area contributed by atoms with Crippen molar-refractivity contribution in [2.45, 2.75) is 20.5 Å². The summed E-state index contributed by atoms with van der Waals surface area (Å²) in [6.07, 6.45) is 0. The van der Waals surface area contributed by atoms with E-state index in [9.17, 15) is 4.79 Å². The maximum atomic E-state index is 10.8. The van der Waals surface area contributed by atoms with Gasteiger partial charge in [0, 0.05) is 12.5 Å². The Morgan fingerprint density at radius 2 is 2.36 bits per heavy atom. The van der Waals surface area contributed by atoms with Crippen LogP contribution in [0.25, 0.3) is 0 Å². The second-order valence-electron chi connectivity index (χ2n) is 2.41. The topological polar surface area (TPSA) is 50.4 Å². The minimum absolute atomic E-state index is 0.0807. The highest BCUT2D eigenvalue weighted by Gasteiger charge is 2.08. The number of Topliss-reactive ketones (excluding diaryl/α,β-unsaturated/α-hetero) is 1. The minimum Gasteiger partial charge on any atom is -0.458 e. The third kappa shape index (κ3) is 1.49. The number of furan rings is 1. The van der Waals surface area contributed by atoms with Crippen LogP contribution >= 0.6 is 0 Å². The number of aliphatic hydroxyl groups excluding tert-OH is 1. The molecule has 3 heteroatoms. The predicted octanol–water partition coefficient (Wildman–Crippen LogP) is 1.28. The molecule has 0 amide bonds. The normalized spacial score (nSPS) is 10.1. The molecule has 0 aliphatic carbocycles. The third-order valence-corrected chi connectivity index (χ3v) is 1.54. The van der Waals surface area contributed by atoms with Crippen molar-refractivity contribution in [2.75, 3.05) is 0 Å². The van der Waals surface area contributed by atoms with E-state index in [1.165, 1.54) is 6.92 Å². The molecule has 1 rings (SSSR count). The van der Waals surface area contributed by atoms with Gasteiger partial charge in [-0.2, -0.15) is 0 Å². The Hall–Kier alpha value is -1.09. The molecular formula is C8H10O3. The minimum atomic E-state index is -0.118. The smallest absolute Gasteiger partial charge is 0.194 e. The van der Waals surface area contributed by atoms with Crippen LogP contribution in [0.2, 0.25) is 0 Å². The molecule has 0 bridgehead atoms. The zero-order chi connectivity index (χ0) is 8.43. The molecule has 60 valence electrons. The van der Waals surface area contributed by atoms with Crippen molar-refractivity contribution in [3.63, 3.8) is 0 Å². The van der Waals surface area contributed by atoms with E-state index in [0.717, 1.165) is 0 Å². The standard InChI is InChI=1S/C8H10O3/c1-5(10)8-3-7(4-9)6(2)11-8/h3,9H,4H2,1-2H3. The Morgan fingerprint density at radius 3 is 2.64 bits per heavy atom. The third-order valence-electron chi connectivity index (χ3n) is 1.54. The van der Waals surface area contributed by atoms with Crippen LogP contribution in [0.1, 0.15) is 28.8 Å². The number of rotatable bonds is 2. The monoisotopic (exact) mass is 154 g/mol. The van der Waals surface area contributed by atoms with Gasteiger partial charge in [0.05, 0.1) is 6.61 Å². The van der Waals surface area contributed by atoms with Gasteiger partial charge in [0.1, 0.15) is 5.76 Å². The maximum Gasteiger partial charge on any atom is 0.194 e. The fraction of sp³-hybridized carbons (Fsp3) is 0.375. The van der Waals surface area contributed by atoms with Gasteiger partial charge < -0.3 is 9.52 Å². The van der Waals surface area contributed by atoms with Crippen LogP contribution in [0, 0.1) is 6.92 Å². The van der Waals surface area contributed by atoms with Gasteiger partial charge in [-0.1, -0.05) is 0 Å². The molecule has 3 nitrogen and oxygen atoms in total. The molecule has 0 spiro atoms. The quantitative estimate of drug-likeness (QED) is 0.653. The first kappa shape index (κ1) is 8.01. The van der Waals surface area contributed by atoms with Crippen LogP contribution < -0.4 is 0 Å². The average Bonchev–Trinajstić information content (AvgIpc) is 2.31. The molecule has 1 aromatic heterocycles. The van der Waals surface area contributed by atoms with Crippen LogP contribution in [-0.4, -0.2) is 10.9 Å². The summed E-state index contributed by atoms with van der Waals surface area (Å²) in [6, 6.07) is 1.57. The van der Waals surface area contributed by atoms with Gasteiger partial charge in [-0.05, 0) is 13.0 Å². The number of hydrogen-bond acceptors (Lipinski definition) is 3. The molecule has 0 aromatic carbocycles. The molecule has 0 radical (unpaired) electrons. The first-order valence-electron chi connectivity index (χ1n) is 3.36. The molecule has 11 heavy (non-hydrogen) atoms. The molecule has 0 aliphatic heterocycles. The predicted molar refractivity (Wildman–Crippen MR) is 39.4 cm³/mol. The largest absolute Gasteiger partial charge is 0.458 e. The van der Waals surface area contributed by atoms with Gasteiger partial charge in [-0.3, -0.25) is 4.79 Å². The lowest BCUT2D eigenvalue weighted by atomic mass is 10.2. The lowest BCUT2D eigenvalue weighted by Crippen LogP contribution is -1.86. The van der Waals surface area contributed by atoms with E-state index in [1.54, 1.807) is 13.0 Å². The average molecular weight is 154 g/mol. The fourth-order valence-corrected chi connectivity index (χ4v) is 0.850. The summed E-state index contributed by atoms with van der Waals surface area (Å²) in [5.74, 6) is 0.803. The van der Waals surface area contributed by atoms with Crippen molar-refractivity contribution >= 4 is 5.78 Å². The number of hydrogen-bond donors (Lipinski definition) is 1. The summed E-state index contributed by atoms with van der Waals surface area (Å²) >= 11 is 0. The second-order valence-corrected chi connectivity index (χ2v) is 2.41. The maximum absolute atomic E-state index is 10.8. The summed E-state index contributed by atoms with van der Waals surface area (Å²) in [6.45, 7) is 3.07. The SMILES string of the molecule is CC(=O)c1cc(CO)c(C)o1. The highest BCUT2D eigenvalue weighted by atomic mass is 16.3. The molecule has 1 aromatic rings. The van der Waals surface area contributed by atoms with Gasteiger partial charge >= 0.3 is 0 Å². The molecule has 1 heterocycles. The van der Waals surface area contributed by atoms with E-state index in [-0.39, 0.29) is 12.4 Å². The van der Waals surface area contributed by atoms with Gasteiger partial charge in [-0.25, -0.2) is 0 Å². The fourth-order valence-electron chi connectivity index (χ4n) is 0.850. The number of carbonyl (C=O) groups is 1. The number of carbonyl (C=O) groups excluding carboxylic acids is 1. The number of ketones is 1. The zero-order valence-corrected chi connectivity index (χ0v) is 6.55. The number of aryl methyl sites for hydroxylation is 1. The van der Waals surface area contributed by atoms with Crippen LogP contribution in [0.4, 0.5) is 0 Å². The first-order chi connectivity index (χ1) is 5.15. The van der Waals surface area contributed by atoms with E-state index < -0.39 is 0 Å². The van der Waals surface area contributed by atoms with Crippen molar-refractivity contribution in [1.29, 1.82) is 0 Å². The molecule has 0 aliphatic rings. The van der Waals surface area contributed by atoms with Gasteiger partial charge in [0.15, 0.2) is 11.5 Å². The van der Waals surface area contributed by atoms with Crippen molar-refractivity contribution in [3.05, 3.63) is 23.2 Å². The summed E-state index contributed by atoms with van der Waals surface area (Å²) in [4.78, 5) is 10.8. The Balaban J connectivity index is 3.05. The van der Waals surface area contributed by atoms with Crippen LogP contribution in [0.5, 0.6) is 0 Å². The molecule has 0 atom stereocenters. The zero-order valence-electron chi connectivity index (χ0n) is 6.55. The van der Waals surface area contributed by atoms with Crippen LogP contribution in [0.3, 0.4) is 0 Å². The van der Waals surface area contributed by atoms with Crippen LogP contribution in [-0.2, 0) is 6.61 Å². The van der Waals surface area contributed by atoms with E-state index in [2.05, 4.69) is 0 Å². The van der Waals surface area contributed by atoms with Gasteiger partial charge in [0.25, 0.3) is 0 Å². The second kappa shape index (κ2) is 2.88.